The lowest BCUT2D eigenvalue weighted by Crippen LogP contribution is -2.49. The Labute approximate surface area is 201 Å². The first-order valence-electron chi connectivity index (χ1n) is 11.5. The zero-order valence-electron chi connectivity index (χ0n) is 19.6. The molecule has 0 saturated heterocycles. The first kappa shape index (κ1) is 24.9. The van der Waals surface area contributed by atoms with Crippen LogP contribution in [0.1, 0.15) is 50.2 Å². The van der Waals surface area contributed by atoms with E-state index in [1.54, 1.807) is 32.1 Å². The normalized spacial score (nSPS) is 14.5. The van der Waals surface area contributed by atoms with Crippen LogP contribution in [-0.4, -0.2) is 43.0 Å². The Kier molecular flexibility index (Phi) is 9.01. The number of benzene rings is 2. The highest BCUT2D eigenvalue weighted by molar-refractivity contribution is 6.30. The lowest BCUT2D eigenvalue weighted by molar-refractivity contribution is -0.140. The average molecular weight is 473 g/mol. The third kappa shape index (κ3) is 6.87. The Morgan fingerprint density at radius 3 is 2.45 bits per heavy atom. The topological polar surface area (TPSA) is 67.9 Å². The molecular weight excluding hydrogens is 440 g/mol. The van der Waals surface area contributed by atoms with E-state index >= 15 is 0 Å². The molecule has 1 aliphatic rings. The molecule has 2 aromatic carbocycles. The van der Waals surface area contributed by atoms with E-state index in [9.17, 15) is 9.59 Å². The highest BCUT2D eigenvalue weighted by atomic mass is 35.5. The lowest BCUT2D eigenvalue weighted by atomic mass is 10.1. The molecule has 0 heterocycles. The summed E-state index contributed by atoms with van der Waals surface area (Å²) in [5.41, 5.74) is 1.86. The standard InChI is InChI=1S/C26H33ClN2O4/c1-18(26(31)28-22-9-4-5-10-22)29(17-20-7-6-8-21(27)15-20)25(30)14-12-19-11-13-23(32-2)24(16-19)33-3/h6-8,11,13,15-16,18,22H,4-5,9-10,12,14,17H2,1-3H3,(H,28,31)/t18-/m1/s1. The second-order valence-corrected chi connectivity index (χ2v) is 8.94. The fourth-order valence-corrected chi connectivity index (χ4v) is 4.45. The van der Waals surface area contributed by atoms with Crippen LogP contribution < -0.4 is 14.8 Å². The number of halogens is 1. The molecule has 1 aliphatic carbocycles. The van der Waals surface area contributed by atoms with E-state index in [1.807, 2.05) is 36.4 Å². The number of carbonyl (C=O) groups is 2. The quantitative estimate of drug-likeness (QED) is 0.541. The van der Waals surface area contributed by atoms with Gasteiger partial charge in [-0.1, -0.05) is 42.6 Å². The van der Waals surface area contributed by atoms with Crippen LogP contribution in [0.25, 0.3) is 0 Å². The van der Waals surface area contributed by atoms with E-state index in [0.717, 1.165) is 36.8 Å². The van der Waals surface area contributed by atoms with Crippen molar-refractivity contribution in [3.8, 4) is 11.5 Å². The van der Waals surface area contributed by atoms with Crippen molar-refractivity contribution in [2.45, 2.75) is 64.1 Å². The summed E-state index contributed by atoms with van der Waals surface area (Å²) >= 11 is 6.15. The number of nitrogens with one attached hydrogen (secondary N) is 1. The first-order chi connectivity index (χ1) is 15.9. The van der Waals surface area contributed by atoms with Crippen molar-refractivity contribution >= 4 is 23.4 Å². The Hall–Kier alpha value is -2.73. The van der Waals surface area contributed by atoms with Gasteiger partial charge in [-0.2, -0.15) is 0 Å². The zero-order valence-corrected chi connectivity index (χ0v) is 20.4. The summed E-state index contributed by atoms with van der Waals surface area (Å²) < 4.78 is 10.7. The zero-order chi connectivity index (χ0) is 23.8. The number of rotatable bonds is 10. The molecule has 1 atom stereocenters. The van der Waals surface area contributed by atoms with E-state index in [4.69, 9.17) is 21.1 Å². The van der Waals surface area contributed by atoms with Gasteiger partial charge in [-0.15, -0.1) is 0 Å². The molecule has 0 bridgehead atoms. The van der Waals surface area contributed by atoms with Gasteiger partial charge in [0.15, 0.2) is 11.5 Å². The van der Waals surface area contributed by atoms with E-state index < -0.39 is 6.04 Å². The molecule has 6 nitrogen and oxygen atoms in total. The molecule has 0 spiro atoms. The minimum atomic E-state index is -0.581. The predicted octanol–water partition coefficient (Wildman–Crippen LogP) is 4.77. The molecule has 1 saturated carbocycles. The lowest BCUT2D eigenvalue weighted by Gasteiger charge is -2.30. The highest BCUT2D eigenvalue weighted by Crippen LogP contribution is 2.28. The van der Waals surface area contributed by atoms with Gasteiger partial charge in [-0.25, -0.2) is 0 Å². The number of hydrogen-bond donors (Lipinski definition) is 1. The molecule has 1 N–H and O–H groups in total. The fraction of sp³-hybridized carbons (Fsp3) is 0.462. The van der Waals surface area contributed by atoms with Crippen LogP contribution in [0.2, 0.25) is 5.02 Å². The molecular formula is C26H33ClN2O4. The van der Waals surface area contributed by atoms with Gasteiger partial charge in [0.2, 0.25) is 11.8 Å². The SMILES string of the molecule is COc1ccc(CCC(=O)N(Cc2cccc(Cl)c2)[C@H](C)C(=O)NC2CCCC2)cc1OC. The maximum atomic E-state index is 13.3. The van der Waals surface area contributed by atoms with Crippen LogP contribution in [0.15, 0.2) is 42.5 Å². The Balaban J connectivity index is 1.72. The molecule has 0 aromatic heterocycles. The molecule has 0 aliphatic heterocycles. The average Bonchev–Trinajstić information content (AvgIpc) is 3.33. The van der Waals surface area contributed by atoms with Crippen LogP contribution in [0.3, 0.4) is 0 Å². The van der Waals surface area contributed by atoms with Crippen LogP contribution in [0.4, 0.5) is 0 Å². The van der Waals surface area contributed by atoms with Gasteiger partial charge in [-0.3, -0.25) is 9.59 Å². The smallest absolute Gasteiger partial charge is 0.242 e. The largest absolute Gasteiger partial charge is 0.493 e. The third-order valence-corrected chi connectivity index (χ3v) is 6.42. The van der Waals surface area contributed by atoms with E-state index in [-0.39, 0.29) is 24.3 Å². The van der Waals surface area contributed by atoms with E-state index in [1.165, 1.54) is 0 Å². The van der Waals surface area contributed by atoms with Crippen LogP contribution in [0.5, 0.6) is 11.5 Å². The second-order valence-electron chi connectivity index (χ2n) is 8.51. The van der Waals surface area contributed by atoms with Crippen molar-refractivity contribution in [2.24, 2.45) is 0 Å². The summed E-state index contributed by atoms with van der Waals surface area (Å²) in [4.78, 5) is 27.9. The van der Waals surface area contributed by atoms with Crippen LogP contribution in [0, 0.1) is 0 Å². The van der Waals surface area contributed by atoms with Gasteiger partial charge in [0.1, 0.15) is 6.04 Å². The maximum Gasteiger partial charge on any atom is 0.242 e. The predicted molar refractivity (Wildman–Crippen MR) is 130 cm³/mol. The second kappa shape index (κ2) is 11.9. The van der Waals surface area contributed by atoms with Crippen molar-refractivity contribution in [3.63, 3.8) is 0 Å². The van der Waals surface area contributed by atoms with Crippen molar-refractivity contribution in [2.75, 3.05) is 14.2 Å². The maximum absolute atomic E-state index is 13.3. The molecule has 33 heavy (non-hydrogen) atoms. The number of hydrogen-bond acceptors (Lipinski definition) is 4. The number of carbonyl (C=O) groups excluding carboxylic acids is 2. The highest BCUT2D eigenvalue weighted by Gasteiger charge is 2.28. The number of ether oxygens (including phenoxy) is 2. The summed E-state index contributed by atoms with van der Waals surface area (Å²) in [5, 5.41) is 3.73. The molecule has 0 unspecified atom stereocenters. The van der Waals surface area contributed by atoms with Gasteiger partial charge in [0, 0.05) is 24.0 Å². The number of methoxy groups -OCH3 is 2. The fourth-order valence-electron chi connectivity index (χ4n) is 4.24. The van der Waals surface area contributed by atoms with Crippen molar-refractivity contribution in [1.29, 1.82) is 0 Å². The monoisotopic (exact) mass is 472 g/mol. The summed E-state index contributed by atoms with van der Waals surface area (Å²) in [7, 11) is 3.18. The Morgan fingerprint density at radius 1 is 1.06 bits per heavy atom. The molecule has 2 aromatic rings. The summed E-state index contributed by atoms with van der Waals surface area (Å²) in [6.45, 7) is 2.12. The molecule has 1 fully saturated rings. The number of aryl methyl sites for hydroxylation is 1. The number of nitrogens with zero attached hydrogens (tertiary/aromatic N) is 1. The molecule has 7 heteroatoms. The van der Waals surface area contributed by atoms with Crippen molar-refractivity contribution in [1.82, 2.24) is 10.2 Å². The minimum Gasteiger partial charge on any atom is -0.493 e. The summed E-state index contributed by atoms with van der Waals surface area (Å²) in [6, 6.07) is 12.7. The summed E-state index contributed by atoms with van der Waals surface area (Å²) in [6.07, 6.45) is 5.07. The first-order valence-corrected chi connectivity index (χ1v) is 11.8. The van der Waals surface area contributed by atoms with Crippen LogP contribution in [-0.2, 0) is 22.6 Å². The molecule has 0 radical (unpaired) electrons. The van der Waals surface area contributed by atoms with Gasteiger partial charge in [-0.05, 0) is 61.6 Å². The third-order valence-electron chi connectivity index (χ3n) is 6.19. The Bertz CT molecular complexity index is 959. The number of amides is 2. The molecule has 3 rings (SSSR count). The van der Waals surface area contributed by atoms with E-state index in [0.29, 0.717) is 29.5 Å². The van der Waals surface area contributed by atoms with Gasteiger partial charge in [0.05, 0.1) is 14.2 Å². The van der Waals surface area contributed by atoms with Gasteiger partial charge < -0.3 is 19.7 Å². The molecule has 2 amide bonds. The van der Waals surface area contributed by atoms with Gasteiger partial charge >= 0.3 is 0 Å². The molecule has 178 valence electrons. The van der Waals surface area contributed by atoms with Crippen LogP contribution >= 0.6 is 11.6 Å². The van der Waals surface area contributed by atoms with E-state index in [2.05, 4.69) is 5.32 Å². The van der Waals surface area contributed by atoms with Gasteiger partial charge in [0.25, 0.3) is 0 Å². The van der Waals surface area contributed by atoms with Crippen molar-refractivity contribution in [3.05, 3.63) is 58.6 Å². The summed E-state index contributed by atoms with van der Waals surface area (Å²) in [5.74, 6) is 1.08. The minimum absolute atomic E-state index is 0.0844. The Morgan fingerprint density at radius 2 is 1.79 bits per heavy atom. The van der Waals surface area contributed by atoms with Crippen molar-refractivity contribution < 1.29 is 19.1 Å².